The van der Waals surface area contributed by atoms with E-state index in [1.54, 1.807) is 6.07 Å². The largest absolute Gasteiger partial charge is 0.349 e. The molecule has 1 atom stereocenters. The Morgan fingerprint density at radius 3 is 2.35 bits per heavy atom. The van der Waals surface area contributed by atoms with Gasteiger partial charge in [-0.15, -0.1) is 0 Å². The van der Waals surface area contributed by atoms with Gasteiger partial charge in [-0.25, -0.2) is 0 Å². The summed E-state index contributed by atoms with van der Waals surface area (Å²) in [5.41, 5.74) is 0.00314. The highest BCUT2D eigenvalue weighted by atomic mass is 32.2. The van der Waals surface area contributed by atoms with Crippen LogP contribution in [0.5, 0.6) is 0 Å². The third-order valence-corrected chi connectivity index (χ3v) is 4.95. The molecule has 0 aliphatic rings. The number of carbonyl (C=O) groups excluding carboxylic acids is 3. The van der Waals surface area contributed by atoms with Crippen LogP contribution in [0.3, 0.4) is 0 Å². The van der Waals surface area contributed by atoms with Crippen LogP contribution >= 0.6 is 11.8 Å². The molecule has 0 spiro atoms. The predicted octanol–water partition coefficient (Wildman–Crippen LogP) is 0.262. The van der Waals surface area contributed by atoms with E-state index in [1.807, 2.05) is 6.26 Å². The van der Waals surface area contributed by atoms with Crippen LogP contribution in [0.15, 0.2) is 30.3 Å². The Hall–Kier alpha value is -1.71. The average Bonchev–Trinajstić information content (AvgIpc) is 2.55. The molecular weight excluding hydrogens is 342 g/mol. The second-order valence-electron chi connectivity index (χ2n) is 4.38. The van der Waals surface area contributed by atoms with E-state index >= 15 is 0 Å². The zero-order valence-electron chi connectivity index (χ0n) is 12.6. The molecule has 1 N–H and O–H groups in total. The van der Waals surface area contributed by atoms with Gasteiger partial charge in [0.15, 0.2) is 5.78 Å². The molecule has 0 saturated heterocycles. The Labute approximate surface area is 138 Å². The first-order valence-electron chi connectivity index (χ1n) is 6.54. The summed E-state index contributed by atoms with van der Waals surface area (Å²) in [4.78, 5) is 36.3. The second kappa shape index (κ2) is 8.80. The molecular formula is C14H17NO6S2. The van der Waals surface area contributed by atoms with Gasteiger partial charge < -0.3 is 5.32 Å². The summed E-state index contributed by atoms with van der Waals surface area (Å²) < 4.78 is 28.2. The number of hydrogen-bond acceptors (Lipinski definition) is 7. The fourth-order valence-corrected chi connectivity index (χ4v) is 2.97. The first kappa shape index (κ1) is 19.3. The van der Waals surface area contributed by atoms with Crippen LogP contribution in [0.4, 0.5) is 0 Å². The molecule has 0 heterocycles. The number of nitrogens with one attached hydrogen (secondary N) is 1. The van der Waals surface area contributed by atoms with Gasteiger partial charge in [0, 0.05) is 17.9 Å². The molecule has 0 saturated carbocycles. The van der Waals surface area contributed by atoms with Crippen molar-refractivity contribution in [3.63, 3.8) is 0 Å². The highest BCUT2D eigenvalue weighted by Gasteiger charge is 2.43. The van der Waals surface area contributed by atoms with Crippen molar-refractivity contribution in [1.29, 1.82) is 0 Å². The van der Waals surface area contributed by atoms with Crippen molar-refractivity contribution in [3.05, 3.63) is 35.9 Å². The number of benzene rings is 1. The van der Waals surface area contributed by atoms with Gasteiger partial charge in [-0.2, -0.15) is 20.2 Å². The zero-order valence-corrected chi connectivity index (χ0v) is 14.3. The minimum atomic E-state index is -4.55. The zero-order chi connectivity index (χ0) is 17.5. The molecule has 0 aromatic heterocycles. The van der Waals surface area contributed by atoms with E-state index in [0.717, 1.165) is 7.11 Å². The smallest absolute Gasteiger partial charge is 0.289 e. The van der Waals surface area contributed by atoms with Crippen molar-refractivity contribution in [3.8, 4) is 0 Å². The number of carbonyl (C=O) groups is 3. The van der Waals surface area contributed by atoms with Gasteiger partial charge in [0.1, 0.15) is 0 Å². The number of thioether (sulfide) groups is 1. The van der Waals surface area contributed by atoms with E-state index in [1.165, 1.54) is 36.0 Å². The van der Waals surface area contributed by atoms with Gasteiger partial charge in [-0.3, -0.25) is 18.6 Å². The van der Waals surface area contributed by atoms with Crippen molar-refractivity contribution in [1.82, 2.24) is 5.32 Å². The third-order valence-electron chi connectivity index (χ3n) is 2.87. The topological polar surface area (TPSA) is 107 Å². The maximum Gasteiger partial charge on any atom is 0.289 e. The van der Waals surface area contributed by atoms with Crippen LogP contribution in [0.2, 0.25) is 0 Å². The lowest BCUT2D eigenvalue weighted by Crippen LogP contribution is -2.47. The normalized spacial score (nSPS) is 12.4. The first-order valence-corrected chi connectivity index (χ1v) is 9.41. The standard InChI is InChI=1S/C14H17NO6S2/c1-21-23(19,20)13(11(16)10-6-4-3-5-7-10)12(17)14(18)15-8-9-22-2/h3-7,13H,8-9H2,1-2H3,(H,15,18). The lowest BCUT2D eigenvalue weighted by atomic mass is 10.1. The van der Waals surface area contributed by atoms with Crippen molar-refractivity contribution >= 4 is 39.4 Å². The number of ketones is 2. The molecule has 23 heavy (non-hydrogen) atoms. The highest BCUT2D eigenvalue weighted by Crippen LogP contribution is 2.13. The van der Waals surface area contributed by atoms with Crippen molar-refractivity contribution in [2.45, 2.75) is 5.25 Å². The molecule has 1 aromatic rings. The van der Waals surface area contributed by atoms with Gasteiger partial charge in [0.25, 0.3) is 16.0 Å². The molecule has 0 bridgehead atoms. The van der Waals surface area contributed by atoms with E-state index in [4.69, 9.17) is 0 Å². The Kier molecular flexibility index (Phi) is 7.40. The van der Waals surface area contributed by atoms with E-state index < -0.39 is 32.8 Å². The van der Waals surface area contributed by atoms with Crippen molar-refractivity contribution < 1.29 is 27.0 Å². The lowest BCUT2D eigenvalue weighted by Gasteiger charge is -2.14. The van der Waals surface area contributed by atoms with Gasteiger partial charge in [0.05, 0.1) is 7.11 Å². The van der Waals surface area contributed by atoms with Gasteiger partial charge >= 0.3 is 0 Å². The number of hydrogen-bond donors (Lipinski definition) is 1. The summed E-state index contributed by atoms with van der Waals surface area (Å²) >= 11 is 1.44. The van der Waals surface area contributed by atoms with E-state index in [2.05, 4.69) is 9.50 Å². The summed E-state index contributed by atoms with van der Waals surface area (Å²) in [6.45, 7) is 0.186. The fourth-order valence-electron chi connectivity index (χ4n) is 1.70. The summed E-state index contributed by atoms with van der Waals surface area (Å²) in [6.07, 6.45) is 1.81. The molecule has 7 nitrogen and oxygen atoms in total. The van der Waals surface area contributed by atoms with Crippen LogP contribution < -0.4 is 5.32 Å². The molecule has 1 aromatic carbocycles. The van der Waals surface area contributed by atoms with E-state index in [-0.39, 0.29) is 12.1 Å². The maximum absolute atomic E-state index is 12.4. The molecule has 0 aliphatic heterocycles. The van der Waals surface area contributed by atoms with Crippen LogP contribution in [-0.2, 0) is 23.9 Å². The SMILES string of the molecule is COS(=O)(=O)C(C(=O)C(=O)NCCSC)C(=O)c1ccccc1. The maximum atomic E-state index is 12.4. The molecule has 1 unspecified atom stereocenters. The summed E-state index contributed by atoms with van der Waals surface area (Å²) in [5, 5.41) is 0.0665. The average molecular weight is 359 g/mol. The van der Waals surface area contributed by atoms with Gasteiger partial charge in [-0.1, -0.05) is 30.3 Å². The molecule has 126 valence electrons. The quantitative estimate of drug-likeness (QED) is 0.222. The first-order chi connectivity index (χ1) is 10.8. The van der Waals surface area contributed by atoms with Gasteiger partial charge in [-0.05, 0) is 6.26 Å². The molecule has 1 amide bonds. The minimum absolute atomic E-state index is 0.00314. The fraction of sp³-hybridized carbons (Fsp3) is 0.357. The van der Waals surface area contributed by atoms with E-state index in [0.29, 0.717) is 5.75 Å². The minimum Gasteiger partial charge on any atom is -0.349 e. The Bertz CT molecular complexity index is 672. The van der Waals surface area contributed by atoms with Crippen LogP contribution in [-0.4, -0.2) is 56.8 Å². The summed E-state index contributed by atoms with van der Waals surface area (Å²) in [6, 6.07) is 7.39. The molecule has 0 fully saturated rings. The summed E-state index contributed by atoms with van der Waals surface area (Å²) in [5.74, 6) is -2.94. The Balaban J connectivity index is 3.10. The molecule has 9 heteroatoms. The van der Waals surface area contributed by atoms with Crippen molar-refractivity contribution in [2.75, 3.05) is 25.7 Å². The second-order valence-corrected chi connectivity index (χ2v) is 7.16. The molecule has 0 aliphatic carbocycles. The van der Waals surface area contributed by atoms with Crippen LogP contribution in [0.25, 0.3) is 0 Å². The monoisotopic (exact) mass is 359 g/mol. The molecule has 1 rings (SSSR count). The summed E-state index contributed by atoms with van der Waals surface area (Å²) in [7, 11) is -3.71. The van der Waals surface area contributed by atoms with E-state index in [9.17, 15) is 22.8 Å². The Morgan fingerprint density at radius 2 is 1.83 bits per heavy atom. The third kappa shape index (κ3) is 5.15. The molecule has 0 radical (unpaired) electrons. The lowest BCUT2D eigenvalue weighted by molar-refractivity contribution is -0.137. The van der Waals surface area contributed by atoms with Crippen LogP contribution in [0, 0.1) is 0 Å². The van der Waals surface area contributed by atoms with Crippen LogP contribution in [0.1, 0.15) is 10.4 Å². The van der Waals surface area contributed by atoms with Gasteiger partial charge in [0.2, 0.25) is 11.0 Å². The number of amides is 1. The number of rotatable bonds is 9. The highest BCUT2D eigenvalue weighted by molar-refractivity contribution is 7.98. The Morgan fingerprint density at radius 1 is 1.22 bits per heavy atom. The number of Topliss-reactive ketones (excluding diaryl/α,β-unsaturated/α-hetero) is 2. The van der Waals surface area contributed by atoms with Crippen molar-refractivity contribution in [2.24, 2.45) is 0 Å². The predicted molar refractivity (Wildman–Crippen MR) is 86.9 cm³/mol.